The first-order valence-corrected chi connectivity index (χ1v) is 7.64. The lowest BCUT2D eigenvalue weighted by atomic mass is 10.2. The Morgan fingerprint density at radius 1 is 1.10 bits per heavy atom. The number of hydrogen-bond donors (Lipinski definition) is 1. The van der Waals surface area contributed by atoms with E-state index in [2.05, 4.69) is 53.3 Å². The van der Waals surface area contributed by atoms with Crippen LogP contribution >= 0.6 is 15.9 Å². The van der Waals surface area contributed by atoms with Gasteiger partial charge < -0.3 is 10.1 Å². The molecule has 2 aromatic rings. The van der Waals surface area contributed by atoms with E-state index in [0.717, 1.165) is 29.1 Å². The van der Waals surface area contributed by atoms with Gasteiger partial charge in [-0.25, -0.2) is 0 Å². The van der Waals surface area contributed by atoms with Gasteiger partial charge in [0.2, 0.25) is 0 Å². The average molecular weight is 334 g/mol. The van der Waals surface area contributed by atoms with Crippen molar-refractivity contribution in [1.82, 2.24) is 0 Å². The highest BCUT2D eigenvalue weighted by molar-refractivity contribution is 9.10. The maximum atomic E-state index is 5.73. The number of halogens is 1. The van der Waals surface area contributed by atoms with Crippen LogP contribution in [0.4, 0.5) is 5.69 Å². The summed E-state index contributed by atoms with van der Waals surface area (Å²) in [6, 6.07) is 16.4. The molecule has 2 rings (SSSR count). The average Bonchev–Trinajstić information content (AvgIpc) is 2.43. The van der Waals surface area contributed by atoms with Crippen molar-refractivity contribution in [2.45, 2.75) is 20.4 Å². The van der Waals surface area contributed by atoms with E-state index in [0.29, 0.717) is 5.92 Å². The summed E-state index contributed by atoms with van der Waals surface area (Å²) in [6.45, 7) is 5.84. The first-order chi connectivity index (χ1) is 9.63. The molecule has 0 atom stereocenters. The molecule has 0 saturated carbocycles. The van der Waals surface area contributed by atoms with E-state index < -0.39 is 0 Å². The summed E-state index contributed by atoms with van der Waals surface area (Å²) in [5.74, 6) is 1.45. The fourth-order valence-corrected chi connectivity index (χ4v) is 2.26. The van der Waals surface area contributed by atoms with Crippen molar-refractivity contribution < 1.29 is 4.74 Å². The van der Waals surface area contributed by atoms with Gasteiger partial charge in [0.25, 0.3) is 0 Å². The Labute approximate surface area is 129 Å². The van der Waals surface area contributed by atoms with Gasteiger partial charge in [-0.2, -0.15) is 0 Å². The van der Waals surface area contributed by atoms with Crippen molar-refractivity contribution in [3.63, 3.8) is 0 Å². The summed E-state index contributed by atoms with van der Waals surface area (Å²) >= 11 is 3.49. The van der Waals surface area contributed by atoms with E-state index in [1.54, 1.807) is 0 Å². The molecule has 0 amide bonds. The predicted octanol–water partition coefficient (Wildman–Crippen LogP) is 5.10. The van der Waals surface area contributed by atoms with Gasteiger partial charge in [-0.1, -0.05) is 48.0 Å². The molecule has 0 aliphatic heterocycles. The molecule has 20 heavy (non-hydrogen) atoms. The maximum Gasteiger partial charge on any atom is 0.121 e. The number of hydrogen-bond acceptors (Lipinski definition) is 2. The summed E-state index contributed by atoms with van der Waals surface area (Å²) in [5.41, 5.74) is 2.32. The van der Waals surface area contributed by atoms with Gasteiger partial charge in [0.15, 0.2) is 0 Å². The largest absolute Gasteiger partial charge is 0.493 e. The van der Waals surface area contributed by atoms with Gasteiger partial charge >= 0.3 is 0 Å². The topological polar surface area (TPSA) is 21.3 Å². The Morgan fingerprint density at radius 3 is 2.65 bits per heavy atom. The monoisotopic (exact) mass is 333 g/mol. The van der Waals surface area contributed by atoms with Crippen LogP contribution in [0.3, 0.4) is 0 Å². The van der Waals surface area contributed by atoms with Crippen molar-refractivity contribution in [1.29, 1.82) is 0 Å². The zero-order valence-corrected chi connectivity index (χ0v) is 13.5. The second-order valence-electron chi connectivity index (χ2n) is 5.22. The maximum absolute atomic E-state index is 5.73. The minimum atomic E-state index is 0.535. The van der Waals surface area contributed by atoms with Gasteiger partial charge in [-0.15, -0.1) is 0 Å². The van der Waals surface area contributed by atoms with Gasteiger partial charge in [0, 0.05) is 22.8 Å². The Balaban J connectivity index is 1.94. The molecule has 3 heteroatoms. The SMILES string of the molecule is CC(C)COc1cccc(NCc2cccc(Br)c2)c1. The Bertz CT molecular complexity index is 554. The zero-order valence-electron chi connectivity index (χ0n) is 11.9. The van der Waals surface area contributed by atoms with Crippen LogP contribution in [0.5, 0.6) is 5.75 Å². The third kappa shape index (κ3) is 4.89. The predicted molar refractivity (Wildman–Crippen MR) is 88.2 cm³/mol. The summed E-state index contributed by atoms with van der Waals surface area (Å²) in [5, 5.41) is 3.42. The molecule has 0 bridgehead atoms. The minimum absolute atomic E-state index is 0.535. The second-order valence-corrected chi connectivity index (χ2v) is 6.13. The van der Waals surface area contributed by atoms with E-state index in [1.807, 2.05) is 30.3 Å². The molecule has 106 valence electrons. The van der Waals surface area contributed by atoms with Crippen LogP contribution in [-0.2, 0) is 6.54 Å². The van der Waals surface area contributed by atoms with Crippen LogP contribution in [0, 0.1) is 5.92 Å². The van der Waals surface area contributed by atoms with Crippen molar-refractivity contribution in [3.8, 4) is 5.75 Å². The number of benzene rings is 2. The lowest BCUT2D eigenvalue weighted by Gasteiger charge is -2.11. The summed E-state index contributed by atoms with van der Waals surface area (Å²) in [6.07, 6.45) is 0. The van der Waals surface area contributed by atoms with Gasteiger partial charge in [0.05, 0.1) is 6.61 Å². The molecule has 0 aliphatic rings. The van der Waals surface area contributed by atoms with Crippen molar-refractivity contribution in [2.75, 3.05) is 11.9 Å². The standard InChI is InChI=1S/C17H20BrNO/c1-13(2)12-20-17-8-4-7-16(10-17)19-11-14-5-3-6-15(18)9-14/h3-10,13,19H,11-12H2,1-2H3. The van der Waals surface area contributed by atoms with Gasteiger partial charge in [-0.3, -0.25) is 0 Å². The highest BCUT2D eigenvalue weighted by Gasteiger charge is 2.00. The molecule has 0 saturated heterocycles. The van der Waals surface area contributed by atoms with Crippen LogP contribution in [0.25, 0.3) is 0 Å². The Kier molecular flexibility index (Phi) is 5.48. The third-order valence-corrected chi connectivity index (χ3v) is 3.30. The highest BCUT2D eigenvalue weighted by atomic mass is 79.9. The molecule has 0 aromatic heterocycles. The first kappa shape index (κ1) is 14.9. The second kappa shape index (κ2) is 7.34. The fourth-order valence-electron chi connectivity index (χ4n) is 1.81. The minimum Gasteiger partial charge on any atom is -0.493 e. The quantitative estimate of drug-likeness (QED) is 0.794. The van der Waals surface area contributed by atoms with Crippen LogP contribution < -0.4 is 10.1 Å². The molecule has 2 aromatic carbocycles. The molecular weight excluding hydrogens is 314 g/mol. The van der Waals surface area contributed by atoms with E-state index >= 15 is 0 Å². The van der Waals surface area contributed by atoms with E-state index in [-0.39, 0.29) is 0 Å². The molecule has 0 fully saturated rings. The molecule has 0 spiro atoms. The molecule has 0 radical (unpaired) electrons. The van der Waals surface area contributed by atoms with Gasteiger partial charge in [-0.05, 0) is 35.7 Å². The molecule has 1 N–H and O–H groups in total. The number of ether oxygens (including phenoxy) is 1. The van der Waals surface area contributed by atoms with E-state index in [1.165, 1.54) is 5.56 Å². The lowest BCUT2D eigenvalue weighted by molar-refractivity contribution is 0.271. The molecule has 0 aliphatic carbocycles. The molecule has 2 nitrogen and oxygen atoms in total. The molecular formula is C17H20BrNO. The Morgan fingerprint density at radius 2 is 1.90 bits per heavy atom. The van der Waals surface area contributed by atoms with Crippen molar-refractivity contribution in [2.24, 2.45) is 5.92 Å². The zero-order chi connectivity index (χ0) is 14.4. The summed E-state index contributed by atoms with van der Waals surface area (Å²) < 4.78 is 6.83. The van der Waals surface area contributed by atoms with Crippen molar-refractivity contribution >= 4 is 21.6 Å². The normalized spacial score (nSPS) is 10.6. The van der Waals surface area contributed by atoms with Crippen LogP contribution in [0.2, 0.25) is 0 Å². The van der Waals surface area contributed by atoms with Crippen LogP contribution in [-0.4, -0.2) is 6.61 Å². The molecule has 0 heterocycles. The van der Waals surface area contributed by atoms with Gasteiger partial charge in [0.1, 0.15) is 5.75 Å². The fraction of sp³-hybridized carbons (Fsp3) is 0.294. The summed E-state index contributed by atoms with van der Waals surface area (Å²) in [4.78, 5) is 0. The smallest absolute Gasteiger partial charge is 0.121 e. The van der Waals surface area contributed by atoms with Crippen LogP contribution in [0.1, 0.15) is 19.4 Å². The third-order valence-electron chi connectivity index (χ3n) is 2.80. The lowest BCUT2D eigenvalue weighted by Crippen LogP contribution is -2.05. The number of anilines is 1. The van der Waals surface area contributed by atoms with E-state index in [9.17, 15) is 0 Å². The summed E-state index contributed by atoms with van der Waals surface area (Å²) in [7, 11) is 0. The Hall–Kier alpha value is -1.48. The number of rotatable bonds is 6. The van der Waals surface area contributed by atoms with Crippen LogP contribution in [0.15, 0.2) is 53.0 Å². The van der Waals surface area contributed by atoms with E-state index in [4.69, 9.17) is 4.74 Å². The number of nitrogens with one attached hydrogen (secondary N) is 1. The van der Waals surface area contributed by atoms with Crippen molar-refractivity contribution in [3.05, 3.63) is 58.6 Å². The molecule has 0 unspecified atom stereocenters. The highest BCUT2D eigenvalue weighted by Crippen LogP contribution is 2.19. The first-order valence-electron chi connectivity index (χ1n) is 6.84.